The van der Waals surface area contributed by atoms with Gasteiger partial charge in [-0.25, -0.2) is 4.79 Å². The molecule has 0 bridgehead atoms. The van der Waals surface area contributed by atoms with Gasteiger partial charge < -0.3 is 68.1 Å². The highest BCUT2D eigenvalue weighted by atomic mass is 16.4. The summed E-state index contributed by atoms with van der Waals surface area (Å²) in [6.07, 6.45) is 10.1. The predicted molar refractivity (Wildman–Crippen MR) is 308 cm³/mol. The number of unbranched alkanes of at least 4 members (excludes halogenated alkanes) is 1. The van der Waals surface area contributed by atoms with Crippen LogP contribution in [0.25, 0.3) is 54.5 Å². The van der Waals surface area contributed by atoms with Crippen LogP contribution in [0.3, 0.4) is 0 Å². The lowest BCUT2D eigenvalue weighted by molar-refractivity contribution is -0.142. The van der Waals surface area contributed by atoms with Gasteiger partial charge in [-0.05, 0) is 77.5 Å². The first-order valence-corrected chi connectivity index (χ1v) is 26.9. The quantitative estimate of drug-likeness (QED) is 0.0318. The number of hydrogen-bond donors (Lipinski definition) is 13. The zero-order valence-electron chi connectivity index (χ0n) is 43.8. The number of aromatic nitrogens is 5. The molecule has 15 N–H and O–H groups in total. The Hall–Kier alpha value is -9.46. The number of aliphatic carboxylic acids is 1. The van der Waals surface area contributed by atoms with Crippen LogP contribution in [0.4, 0.5) is 0 Å². The van der Waals surface area contributed by atoms with E-state index in [9.17, 15) is 24.3 Å². The Morgan fingerprint density at radius 2 is 0.625 bits per heavy atom. The molecule has 19 heteroatoms. The normalized spacial score (nSPS) is 13.9. The molecule has 80 heavy (non-hydrogen) atoms. The highest BCUT2D eigenvalue weighted by Gasteiger charge is 2.35. The highest BCUT2D eigenvalue weighted by Crippen LogP contribution is 2.25. The number of amides is 5. The number of rotatable bonds is 25. The van der Waals surface area contributed by atoms with Gasteiger partial charge >= 0.3 is 5.97 Å². The van der Waals surface area contributed by atoms with Crippen LogP contribution in [0.2, 0.25) is 0 Å². The van der Waals surface area contributed by atoms with Gasteiger partial charge in [0.2, 0.25) is 29.5 Å². The third-order valence-corrected chi connectivity index (χ3v) is 14.9. The van der Waals surface area contributed by atoms with Crippen LogP contribution in [0.1, 0.15) is 47.1 Å². The fraction of sp³-hybridized carbons (Fsp3) is 0.246. The maximum Gasteiger partial charge on any atom is 0.326 e. The fourth-order valence-electron chi connectivity index (χ4n) is 10.6. The monoisotopic (exact) mass is 1080 g/mol. The van der Waals surface area contributed by atoms with E-state index in [-0.39, 0.29) is 32.1 Å². The van der Waals surface area contributed by atoms with Crippen LogP contribution in [-0.4, -0.2) is 108 Å². The SMILES string of the molecule is NCCCC[C@H](N)C(=O)N[C@@H](Cc1c[nH]c2ccccc12)C(=O)N[C@@H](Cc1c[nH]c2ccccc12)C(=O)N[C@@H](Cc1c[nH]c2ccccc12)C(=O)N[C@@H](Cc1c[nH]c2ccccc12)C(=O)N[C@@H](Cc1c[nH]c2ccccc12)C(=O)O. The maximum atomic E-state index is 15.3. The van der Waals surface area contributed by atoms with Crippen molar-refractivity contribution in [2.24, 2.45) is 11.5 Å². The first-order valence-electron chi connectivity index (χ1n) is 26.9. The number of hydrogen-bond acceptors (Lipinski definition) is 8. The number of nitrogens with one attached hydrogen (secondary N) is 10. The first-order chi connectivity index (χ1) is 38.9. The van der Waals surface area contributed by atoms with Gasteiger partial charge in [0, 0.05) is 118 Å². The number of aromatic amines is 5. The van der Waals surface area contributed by atoms with Crippen molar-refractivity contribution >= 4 is 90.0 Å². The number of H-pyrrole nitrogens is 5. The van der Waals surface area contributed by atoms with E-state index < -0.39 is 71.8 Å². The Bertz CT molecular complexity index is 3850. The van der Waals surface area contributed by atoms with Crippen LogP contribution >= 0.6 is 0 Å². The summed E-state index contributed by atoms with van der Waals surface area (Å²) in [5, 5.41) is 29.0. The minimum absolute atomic E-state index is 0.0362. The molecule has 0 saturated heterocycles. The summed E-state index contributed by atoms with van der Waals surface area (Å²) in [4.78, 5) is 103. The van der Waals surface area contributed by atoms with E-state index in [1.165, 1.54) is 0 Å². The second-order valence-electron chi connectivity index (χ2n) is 20.4. The van der Waals surface area contributed by atoms with E-state index in [1.807, 2.05) is 121 Å². The summed E-state index contributed by atoms with van der Waals surface area (Å²) in [5.41, 5.74) is 19.6. The van der Waals surface area contributed by atoms with Crippen molar-refractivity contribution in [2.75, 3.05) is 6.54 Å². The van der Waals surface area contributed by atoms with Gasteiger partial charge in [-0.15, -0.1) is 0 Å². The van der Waals surface area contributed by atoms with Gasteiger partial charge in [-0.2, -0.15) is 0 Å². The number of para-hydroxylation sites is 5. The standard InChI is InChI=1S/C61H64N12O7/c62-24-12-11-18-45(63)56(74)69-51(25-35-30-64-46-19-6-1-13-40(35)46)57(75)70-52(26-36-31-65-47-20-7-2-14-41(36)47)58(76)71-53(27-37-32-66-48-21-8-3-15-42(37)48)59(77)72-54(28-38-33-67-49-22-9-4-16-43(38)49)60(78)73-55(61(79)80)29-39-34-68-50-23-10-5-17-44(39)50/h1-10,13-17,19-23,30-34,45,51-55,64-68H,11-12,18,24-29,62-63H2,(H,69,74)(H,70,75)(H,71,76)(H,72,77)(H,73,78)(H,79,80)/t45-,51-,52-,53-,54-,55-/m0/s1. The molecule has 5 aromatic carbocycles. The van der Waals surface area contributed by atoms with Gasteiger partial charge in [0.05, 0.1) is 6.04 Å². The number of carbonyl (C=O) groups excluding carboxylic acids is 5. The summed E-state index contributed by atoms with van der Waals surface area (Å²) < 4.78 is 0. The first kappa shape index (κ1) is 53.9. The Kier molecular flexibility index (Phi) is 16.5. The second-order valence-corrected chi connectivity index (χ2v) is 20.4. The predicted octanol–water partition coefficient (Wildman–Crippen LogP) is 5.57. The van der Waals surface area contributed by atoms with Crippen molar-refractivity contribution in [3.8, 4) is 0 Å². The third kappa shape index (κ3) is 12.3. The summed E-state index contributed by atoms with van der Waals surface area (Å²) in [7, 11) is 0. The van der Waals surface area contributed by atoms with E-state index in [1.54, 1.807) is 31.0 Å². The van der Waals surface area contributed by atoms with Gasteiger partial charge in [-0.1, -0.05) is 97.4 Å². The second kappa shape index (κ2) is 24.5. The molecule has 6 atom stereocenters. The zero-order valence-corrected chi connectivity index (χ0v) is 43.8. The van der Waals surface area contributed by atoms with Crippen LogP contribution in [-0.2, 0) is 60.9 Å². The molecule has 0 fully saturated rings. The summed E-state index contributed by atoms with van der Waals surface area (Å²) in [6, 6.07) is 29.9. The molecule has 5 amide bonds. The van der Waals surface area contributed by atoms with Crippen LogP contribution in [0.5, 0.6) is 0 Å². The summed E-state index contributed by atoms with van der Waals surface area (Å²) >= 11 is 0. The molecular formula is C61H64N12O7. The molecule has 10 aromatic rings. The molecule has 0 spiro atoms. The molecule has 0 radical (unpaired) electrons. The van der Waals surface area contributed by atoms with E-state index in [0.717, 1.165) is 60.1 Å². The molecule has 0 saturated carbocycles. The highest BCUT2D eigenvalue weighted by molar-refractivity contribution is 5.99. The Balaban J connectivity index is 0.976. The molecule has 410 valence electrons. The maximum absolute atomic E-state index is 15.3. The molecular weight excluding hydrogens is 1010 g/mol. The lowest BCUT2D eigenvalue weighted by atomic mass is 9.99. The smallest absolute Gasteiger partial charge is 0.326 e. The molecule has 0 aliphatic rings. The van der Waals surface area contributed by atoms with Crippen LogP contribution in [0, 0.1) is 0 Å². The van der Waals surface area contributed by atoms with Crippen molar-refractivity contribution < 1.29 is 33.9 Å². The molecule has 0 unspecified atom stereocenters. The van der Waals surface area contributed by atoms with Gasteiger partial charge in [0.15, 0.2) is 0 Å². The number of carboxylic acids is 1. The Morgan fingerprint density at radius 1 is 0.375 bits per heavy atom. The van der Waals surface area contributed by atoms with Crippen molar-refractivity contribution in [3.05, 3.63) is 180 Å². The number of nitrogens with two attached hydrogens (primary N) is 2. The average molecular weight is 1080 g/mol. The van der Waals surface area contributed by atoms with E-state index >= 15 is 9.59 Å². The van der Waals surface area contributed by atoms with Crippen molar-refractivity contribution in [3.63, 3.8) is 0 Å². The van der Waals surface area contributed by atoms with Crippen LogP contribution in [0.15, 0.2) is 152 Å². The van der Waals surface area contributed by atoms with Crippen molar-refractivity contribution in [1.29, 1.82) is 0 Å². The Labute approximate surface area is 459 Å². The fourth-order valence-corrected chi connectivity index (χ4v) is 10.6. The van der Waals surface area contributed by atoms with E-state index in [0.29, 0.717) is 48.1 Å². The summed E-state index contributed by atoms with van der Waals surface area (Å²) in [5.74, 6) is -4.75. The third-order valence-electron chi connectivity index (χ3n) is 14.9. The molecule has 5 aromatic heterocycles. The molecule has 5 heterocycles. The number of carbonyl (C=O) groups is 6. The minimum Gasteiger partial charge on any atom is -0.480 e. The minimum atomic E-state index is -1.39. The van der Waals surface area contributed by atoms with Crippen molar-refractivity contribution in [1.82, 2.24) is 51.5 Å². The lowest BCUT2D eigenvalue weighted by Crippen LogP contribution is -2.60. The largest absolute Gasteiger partial charge is 0.480 e. The molecule has 0 aliphatic carbocycles. The summed E-state index contributed by atoms with van der Waals surface area (Å²) in [6.45, 7) is 0.436. The number of carboxylic acid groups (broad SMARTS) is 1. The van der Waals surface area contributed by atoms with E-state index in [4.69, 9.17) is 11.5 Å². The Morgan fingerprint density at radius 3 is 0.900 bits per heavy atom. The number of benzene rings is 5. The van der Waals surface area contributed by atoms with Gasteiger partial charge in [0.1, 0.15) is 30.2 Å². The van der Waals surface area contributed by atoms with Crippen molar-refractivity contribution in [2.45, 2.75) is 87.6 Å². The lowest BCUT2D eigenvalue weighted by Gasteiger charge is -2.27. The number of fused-ring (bicyclic) bond motifs is 5. The topological polar surface area (TPSA) is 314 Å². The van der Waals surface area contributed by atoms with Gasteiger partial charge in [-0.3, -0.25) is 24.0 Å². The van der Waals surface area contributed by atoms with Crippen LogP contribution < -0.4 is 38.1 Å². The average Bonchev–Trinajstić information content (AvgIpc) is 4.34. The molecule has 10 rings (SSSR count). The molecule has 0 aliphatic heterocycles. The zero-order chi connectivity index (χ0) is 55.7. The molecule has 19 nitrogen and oxygen atoms in total. The van der Waals surface area contributed by atoms with Gasteiger partial charge in [0.25, 0.3) is 0 Å². The van der Waals surface area contributed by atoms with E-state index in [2.05, 4.69) is 51.5 Å².